The van der Waals surface area contributed by atoms with Gasteiger partial charge in [-0.2, -0.15) is 0 Å². The van der Waals surface area contributed by atoms with E-state index in [1.54, 1.807) is 12.1 Å². The highest BCUT2D eigenvalue weighted by atomic mass is 19.1. The van der Waals surface area contributed by atoms with Crippen LogP contribution in [0.25, 0.3) is 0 Å². The van der Waals surface area contributed by atoms with Crippen molar-refractivity contribution in [1.82, 2.24) is 10.6 Å². The molecular weight excluding hydrogens is 279 g/mol. The van der Waals surface area contributed by atoms with Crippen molar-refractivity contribution in [2.75, 3.05) is 20.2 Å². The normalized spacial score (nSPS) is 17.1. The Morgan fingerprint density at radius 3 is 3.00 bits per heavy atom. The number of ether oxygens (including phenoxy) is 1. The lowest BCUT2D eigenvalue weighted by molar-refractivity contribution is 0.385. The predicted molar refractivity (Wildman–Crippen MR) is 85.5 cm³/mol. The molecule has 0 saturated carbocycles. The molecule has 0 bridgehead atoms. The number of hydrogen-bond acceptors (Lipinski definition) is 3. The monoisotopic (exact) mass is 300 g/mol. The molecule has 1 heterocycles. The van der Waals surface area contributed by atoms with Gasteiger partial charge >= 0.3 is 0 Å². The minimum absolute atomic E-state index is 0.292. The van der Waals surface area contributed by atoms with Crippen LogP contribution in [0.5, 0.6) is 5.75 Å². The molecular formula is C18H21FN2O. The first-order chi connectivity index (χ1) is 10.8. The third-order valence-electron chi connectivity index (χ3n) is 4.11. The quantitative estimate of drug-likeness (QED) is 0.891. The van der Waals surface area contributed by atoms with Gasteiger partial charge in [0, 0.05) is 19.1 Å². The van der Waals surface area contributed by atoms with Crippen LogP contribution >= 0.6 is 0 Å². The first-order valence-electron chi connectivity index (χ1n) is 7.62. The summed E-state index contributed by atoms with van der Waals surface area (Å²) in [6.07, 6.45) is 1.09. The molecule has 1 atom stereocenters. The molecule has 116 valence electrons. The lowest BCUT2D eigenvalue weighted by atomic mass is 9.94. The van der Waals surface area contributed by atoms with E-state index < -0.39 is 0 Å². The van der Waals surface area contributed by atoms with Crippen LogP contribution in [-0.2, 0) is 13.0 Å². The Balaban J connectivity index is 1.60. The van der Waals surface area contributed by atoms with E-state index in [2.05, 4.69) is 34.9 Å². The van der Waals surface area contributed by atoms with Crippen LogP contribution in [0.4, 0.5) is 4.39 Å². The van der Waals surface area contributed by atoms with E-state index in [9.17, 15) is 4.39 Å². The standard InChI is InChI=1S/C18H21FN2O/c1-22-18-10-13(6-7-16(18)19)11-20-12-17-15-5-3-2-4-14(15)8-9-21-17/h2-7,10,17,20-21H,8-9,11-12H2,1H3. The van der Waals surface area contributed by atoms with Crippen molar-refractivity contribution in [1.29, 1.82) is 0 Å². The van der Waals surface area contributed by atoms with E-state index in [0.29, 0.717) is 18.3 Å². The summed E-state index contributed by atoms with van der Waals surface area (Å²) in [6.45, 7) is 2.54. The predicted octanol–water partition coefficient (Wildman–Crippen LogP) is 2.81. The van der Waals surface area contributed by atoms with E-state index in [-0.39, 0.29) is 5.82 Å². The Morgan fingerprint density at radius 1 is 1.27 bits per heavy atom. The molecule has 0 amide bonds. The van der Waals surface area contributed by atoms with E-state index in [0.717, 1.165) is 25.1 Å². The molecule has 1 aliphatic rings. The lowest BCUT2D eigenvalue weighted by Gasteiger charge is -2.27. The summed E-state index contributed by atoms with van der Waals surface area (Å²) in [5.74, 6) is -0.0328. The molecule has 22 heavy (non-hydrogen) atoms. The van der Waals surface area contributed by atoms with Crippen LogP contribution < -0.4 is 15.4 Å². The minimum atomic E-state index is -0.325. The zero-order valence-electron chi connectivity index (χ0n) is 12.7. The Kier molecular flexibility index (Phi) is 4.71. The third-order valence-corrected chi connectivity index (χ3v) is 4.11. The number of rotatable bonds is 5. The Hall–Kier alpha value is -1.91. The zero-order chi connectivity index (χ0) is 15.4. The van der Waals surface area contributed by atoms with Crippen molar-refractivity contribution in [2.45, 2.75) is 19.0 Å². The number of fused-ring (bicyclic) bond motifs is 1. The molecule has 1 unspecified atom stereocenters. The van der Waals surface area contributed by atoms with Crippen molar-refractivity contribution in [2.24, 2.45) is 0 Å². The minimum Gasteiger partial charge on any atom is -0.494 e. The molecule has 0 radical (unpaired) electrons. The fourth-order valence-corrected chi connectivity index (χ4v) is 2.95. The van der Waals surface area contributed by atoms with Gasteiger partial charge in [-0.1, -0.05) is 30.3 Å². The molecule has 3 nitrogen and oxygen atoms in total. The second kappa shape index (κ2) is 6.90. The molecule has 0 aromatic heterocycles. The average Bonchev–Trinajstić information content (AvgIpc) is 2.56. The van der Waals surface area contributed by atoms with Crippen LogP contribution in [0.2, 0.25) is 0 Å². The van der Waals surface area contributed by atoms with Gasteiger partial charge in [0.25, 0.3) is 0 Å². The van der Waals surface area contributed by atoms with E-state index in [4.69, 9.17) is 4.74 Å². The maximum atomic E-state index is 13.4. The average molecular weight is 300 g/mol. The summed E-state index contributed by atoms with van der Waals surface area (Å²) in [5.41, 5.74) is 3.82. The number of nitrogens with one attached hydrogen (secondary N) is 2. The molecule has 1 aliphatic heterocycles. The molecule has 2 aromatic carbocycles. The van der Waals surface area contributed by atoms with Gasteiger partial charge in [0.2, 0.25) is 0 Å². The fourth-order valence-electron chi connectivity index (χ4n) is 2.95. The van der Waals surface area contributed by atoms with E-state index >= 15 is 0 Å². The second-order valence-electron chi connectivity index (χ2n) is 5.56. The summed E-state index contributed by atoms with van der Waals surface area (Å²) >= 11 is 0. The molecule has 3 rings (SSSR count). The van der Waals surface area contributed by atoms with Gasteiger partial charge in [0.1, 0.15) is 0 Å². The Bertz CT molecular complexity index is 645. The zero-order valence-corrected chi connectivity index (χ0v) is 12.7. The molecule has 0 fully saturated rings. The summed E-state index contributed by atoms with van der Waals surface area (Å²) in [4.78, 5) is 0. The third kappa shape index (κ3) is 3.29. The maximum absolute atomic E-state index is 13.4. The van der Waals surface area contributed by atoms with Crippen molar-refractivity contribution in [3.8, 4) is 5.75 Å². The summed E-state index contributed by atoms with van der Waals surface area (Å²) in [5, 5.41) is 6.99. The largest absolute Gasteiger partial charge is 0.494 e. The Morgan fingerprint density at radius 2 is 2.14 bits per heavy atom. The SMILES string of the molecule is COc1cc(CNCC2NCCc3ccccc32)ccc1F. The molecule has 4 heteroatoms. The topological polar surface area (TPSA) is 33.3 Å². The number of methoxy groups -OCH3 is 1. The maximum Gasteiger partial charge on any atom is 0.165 e. The Labute approximate surface area is 130 Å². The van der Waals surface area contributed by atoms with Crippen molar-refractivity contribution in [3.63, 3.8) is 0 Å². The lowest BCUT2D eigenvalue weighted by Crippen LogP contribution is -2.36. The van der Waals surface area contributed by atoms with Crippen molar-refractivity contribution in [3.05, 3.63) is 65.0 Å². The molecule has 2 aromatic rings. The number of hydrogen-bond donors (Lipinski definition) is 2. The second-order valence-corrected chi connectivity index (χ2v) is 5.56. The van der Waals surface area contributed by atoms with Gasteiger partial charge in [-0.05, 0) is 41.8 Å². The first kappa shape index (κ1) is 15.0. The number of halogens is 1. The van der Waals surface area contributed by atoms with Gasteiger partial charge < -0.3 is 15.4 Å². The van der Waals surface area contributed by atoms with Gasteiger partial charge in [-0.15, -0.1) is 0 Å². The summed E-state index contributed by atoms with van der Waals surface area (Å²) < 4.78 is 18.4. The van der Waals surface area contributed by atoms with Gasteiger partial charge in [-0.3, -0.25) is 0 Å². The summed E-state index contributed by atoms with van der Waals surface area (Å²) in [6, 6.07) is 13.9. The highest BCUT2D eigenvalue weighted by molar-refractivity contribution is 5.33. The molecule has 0 aliphatic carbocycles. The van der Waals surface area contributed by atoms with Crippen LogP contribution in [-0.4, -0.2) is 20.2 Å². The highest BCUT2D eigenvalue weighted by Gasteiger charge is 2.18. The smallest absolute Gasteiger partial charge is 0.165 e. The first-order valence-corrected chi connectivity index (χ1v) is 7.62. The highest BCUT2D eigenvalue weighted by Crippen LogP contribution is 2.22. The van der Waals surface area contributed by atoms with Crippen molar-refractivity contribution < 1.29 is 9.13 Å². The van der Waals surface area contributed by atoms with Crippen molar-refractivity contribution >= 4 is 0 Å². The molecule has 0 spiro atoms. The van der Waals surface area contributed by atoms with Gasteiger partial charge in [0.15, 0.2) is 11.6 Å². The fraction of sp³-hybridized carbons (Fsp3) is 0.333. The molecule has 2 N–H and O–H groups in total. The van der Waals surface area contributed by atoms with Gasteiger partial charge in [0.05, 0.1) is 7.11 Å². The van der Waals surface area contributed by atoms with Crippen LogP contribution in [0.15, 0.2) is 42.5 Å². The summed E-state index contributed by atoms with van der Waals surface area (Å²) in [7, 11) is 1.48. The number of benzene rings is 2. The van der Waals surface area contributed by atoms with E-state index in [1.165, 1.54) is 24.3 Å². The van der Waals surface area contributed by atoms with Gasteiger partial charge in [-0.25, -0.2) is 4.39 Å². The van der Waals surface area contributed by atoms with Crippen LogP contribution in [0, 0.1) is 5.82 Å². The van der Waals surface area contributed by atoms with Crippen LogP contribution in [0.3, 0.4) is 0 Å². The van der Waals surface area contributed by atoms with Crippen LogP contribution in [0.1, 0.15) is 22.7 Å². The van der Waals surface area contributed by atoms with E-state index in [1.807, 2.05) is 0 Å². The molecule has 0 saturated heterocycles.